The number of methoxy groups -OCH3 is 1. The molecule has 37 heavy (non-hydrogen) atoms. The number of ether oxygens (including phenoxy) is 2. The molecule has 0 saturated carbocycles. The van der Waals surface area contributed by atoms with E-state index >= 15 is 0 Å². The van der Waals surface area contributed by atoms with Gasteiger partial charge in [0.15, 0.2) is 5.65 Å². The summed E-state index contributed by atoms with van der Waals surface area (Å²) in [4.78, 5) is 22.2. The number of hydrogen-bond acceptors (Lipinski definition) is 5. The van der Waals surface area contributed by atoms with E-state index in [2.05, 4.69) is 36.6 Å². The highest BCUT2D eigenvalue weighted by atomic mass is 16.5. The minimum absolute atomic E-state index is 0.389. The molecule has 0 spiro atoms. The molecular weight excluding hydrogens is 462 g/mol. The average Bonchev–Trinajstić information content (AvgIpc) is 3.26. The van der Waals surface area contributed by atoms with Crippen LogP contribution in [0.3, 0.4) is 0 Å². The Morgan fingerprint density at radius 3 is 2.35 bits per heavy atom. The first kappa shape index (κ1) is 24.3. The molecule has 0 amide bonds. The number of benzene rings is 3. The summed E-state index contributed by atoms with van der Waals surface area (Å²) in [6.07, 6.45) is 0.823. The van der Waals surface area contributed by atoms with Gasteiger partial charge >= 0.3 is 5.97 Å². The molecular formula is C31H29N3O3. The van der Waals surface area contributed by atoms with Gasteiger partial charge in [0, 0.05) is 12.1 Å². The van der Waals surface area contributed by atoms with E-state index in [1.165, 1.54) is 7.11 Å². The fourth-order valence-corrected chi connectivity index (χ4v) is 4.59. The van der Waals surface area contributed by atoms with E-state index in [9.17, 15) is 4.79 Å². The number of carbonyl (C=O) groups is 1. The summed E-state index contributed by atoms with van der Waals surface area (Å²) in [6.45, 7) is 6.87. The van der Waals surface area contributed by atoms with Gasteiger partial charge in [-0.05, 0) is 72.5 Å². The summed E-state index contributed by atoms with van der Waals surface area (Å²) >= 11 is 0. The van der Waals surface area contributed by atoms with E-state index < -0.39 is 0 Å². The lowest BCUT2D eigenvalue weighted by atomic mass is 9.98. The lowest BCUT2D eigenvalue weighted by Gasteiger charge is -2.13. The van der Waals surface area contributed by atoms with Crippen molar-refractivity contribution in [2.75, 3.05) is 7.11 Å². The number of carbonyl (C=O) groups excluding carboxylic acids is 1. The maximum absolute atomic E-state index is 12.5. The minimum atomic E-state index is -0.389. The van der Waals surface area contributed by atoms with Gasteiger partial charge in [-0.15, -0.1) is 0 Å². The van der Waals surface area contributed by atoms with Gasteiger partial charge in [0.25, 0.3) is 0 Å². The van der Waals surface area contributed by atoms with Crippen molar-refractivity contribution in [2.45, 2.75) is 33.7 Å². The van der Waals surface area contributed by atoms with Crippen molar-refractivity contribution in [3.63, 3.8) is 0 Å². The normalized spacial score (nSPS) is 11.0. The molecule has 2 aromatic heterocycles. The summed E-state index contributed by atoms with van der Waals surface area (Å²) in [7, 11) is 1.39. The number of imidazole rings is 1. The van der Waals surface area contributed by atoms with Crippen LogP contribution >= 0.6 is 0 Å². The van der Waals surface area contributed by atoms with Crippen molar-refractivity contribution in [3.8, 4) is 22.6 Å². The number of aromatic nitrogens is 3. The number of fused-ring (bicyclic) bond motifs is 1. The van der Waals surface area contributed by atoms with Crippen molar-refractivity contribution in [1.29, 1.82) is 0 Å². The first-order chi connectivity index (χ1) is 18.0. The van der Waals surface area contributed by atoms with Gasteiger partial charge in [0.05, 0.1) is 19.2 Å². The molecule has 3 aromatic carbocycles. The molecule has 0 unspecified atom stereocenters. The highest BCUT2D eigenvalue weighted by Gasteiger charge is 2.17. The Labute approximate surface area is 216 Å². The first-order valence-electron chi connectivity index (χ1n) is 12.3. The van der Waals surface area contributed by atoms with Crippen LogP contribution in [0.2, 0.25) is 0 Å². The van der Waals surface area contributed by atoms with Crippen LogP contribution in [0.25, 0.3) is 22.3 Å². The number of pyridine rings is 1. The van der Waals surface area contributed by atoms with Crippen LogP contribution in [0.5, 0.6) is 11.5 Å². The summed E-state index contributed by atoms with van der Waals surface area (Å²) in [5.74, 6) is 2.00. The molecule has 0 saturated heterocycles. The van der Waals surface area contributed by atoms with Gasteiger partial charge in [-0.1, -0.05) is 49.4 Å². The third-order valence-electron chi connectivity index (χ3n) is 6.40. The fraction of sp³-hybridized carbons (Fsp3) is 0.194. The molecule has 2 heterocycles. The largest absolute Gasteiger partial charge is 0.465 e. The van der Waals surface area contributed by atoms with Crippen molar-refractivity contribution in [1.82, 2.24) is 14.5 Å². The third-order valence-corrected chi connectivity index (χ3v) is 6.40. The van der Waals surface area contributed by atoms with Gasteiger partial charge in [-0.2, -0.15) is 0 Å². The molecule has 0 bridgehead atoms. The second kappa shape index (κ2) is 10.3. The Morgan fingerprint density at radius 2 is 1.65 bits per heavy atom. The Bertz CT molecular complexity index is 1570. The van der Waals surface area contributed by atoms with Crippen LogP contribution in [-0.2, 0) is 17.7 Å². The van der Waals surface area contributed by atoms with E-state index in [1.807, 2.05) is 55.5 Å². The molecule has 6 heteroatoms. The molecule has 0 aliphatic carbocycles. The van der Waals surface area contributed by atoms with Crippen molar-refractivity contribution in [2.24, 2.45) is 0 Å². The number of hydrogen-bond donors (Lipinski definition) is 0. The predicted molar refractivity (Wildman–Crippen MR) is 145 cm³/mol. The van der Waals surface area contributed by atoms with Gasteiger partial charge in [-0.3, -0.25) is 0 Å². The highest BCUT2D eigenvalue weighted by Crippen LogP contribution is 2.32. The Balaban J connectivity index is 1.49. The molecule has 0 N–H and O–H groups in total. The molecule has 0 radical (unpaired) electrons. The van der Waals surface area contributed by atoms with E-state index in [0.29, 0.717) is 17.9 Å². The van der Waals surface area contributed by atoms with Crippen LogP contribution in [0.4, 0.5) is 0 Å². The van der Waals surface area contributed by atoms with E-state index in [4.69, 9.17) is 19.4 Å². The Hall–Kier alpha value is -4.45. The first-order valence-corrected chi connectivity index (χ1v) is 12.3. The lowest BCUT2D eigenvalue weighted by molar-refractivity contribution is 0.0601. The second-order valence-corrected chi connectivity index (χ2v) is 9.03. The predicted octanol–water partition coefficient (Wildman–Crippen LogP) is 6.90. The molecule has 186 valence electrons. The maximum Gasteiger partial charge on any atom is 0.338 e. The summed E-state index contributed by atoms with van der Waals surface area (Å²) < 4.78 is 13.3. The Morgan fingerprint density at radius 1 is 0.892 bits per heavy atom. The van der Waals surface area contributed by atoms with Crippen LogP contribution < -0.4 is 4.74 Å². The number of nitrogens with zero attached hydrogens (tertiary/aromatic N) is 3. The zero-order chi connectivity index (χ0) is 25.9. The smallest absolute Gasteiger partial charge is 0.338 e. The quantitative estimate of drug-likeness (QED) is 0.232. The SMILES string of the molecule is CCc1nc2c(C)cc(C)nc2n1Cc1ccc(-c2cc(Oc3ccccc3)ccc2C(=O)OC)cc1. The van der Waals surface area contributed by atoms with Crippen molar-refractivity contribution >= 4 is 17.1 Å². The van der Waals surface area contributed by atoms with Crippen molar-refractivity contribution in [3.05, 3.63) is 107 Å². The summed E-state index contributed by atoms with van der Waals surface area (Å²) in [5.41, 5.74) is 7.25. The molecule has 0 aliphatic rings. The average molecular weight is 492 g/mol. The minimum Gasteiger partial charge on any atom is -0.465 e. The topological polar surface area (TPSA) is 66.2 Å². The van der Waals surface area contributed by atoms with Gasteiger partial charge in [0.1, 0.15) is 22.8 Å². The van der Waals surface area contributed by atoms with Gasteiger partial charge in [0.2, 0.25) is 0 Å². The fourth-order valence-electron chi connectivity index (χ4n) is 4.59. The van der Waals surface area contributed by atoms with Crippen LogP contribution in [-0.4, -0.2) is 27.6 Å². The summed E-state index contributed by atoms with van der Waals surface area (Å²) in [5, 5.41) is 0. The molecule has 5 rings (SSSR count). The summed E-state index contributed by atoms with van der Waals surface area (Å²) in [6, 6.07) is 25.3. The molecule has 6 nitrogen and oxygen atoms in total. The number of aryl methyl sites for hydroxylation is 3. The van der Waals surface area contributed by atoms with E-state index in [0.717, 1.165) is 57.1 Å². The van der Waals surface area contributed by atoms with Gasteiger partial charge < -0.3 is 14.0 Å². The number of esters is 1. The zero-order valence-corrected chi connectivity index (χ0v) is 21.5. The van der Waals surface area contributed by atoms with Crippen LogP contribution in [0.15, 0.2) is 78.9 Å². The van der Waals surface area contributed by atoms with E-state index in [1.54, 1.807) is 12.1 Å². The van der Waals surface area contributed by atoms with Crippen LogP contribution in [0.1, 0.15) is 39.9 Å². The van der Waals surface area contributed by atoms with E-state index in [-0.39, 0.29) is 5.97 Å². The third kappa shape index (κ3) is 4.96. The number of para-hydroxylation sites is 1. The molecule has 0 fully saturated rings. The standard InChI is InChI=1S/C31H29N3O3/c1-5-28-33-29-20(2)17-21(3)32-30(29)34(28)19-22-11-13-23(14-12-22)27-18-25(15-16-26(27)31(35)36-4)37-24-9-7-6-8-10-24/h6-18H,5,19H2,1-4H3. The zero-order valence-electron chi connectivity index (χ0n) is 21.5. The van der Waals surface area contributed by atoms with Crippen LogP contribution in [0, 0.1) is 13.8 Å². The van der Waals surface area contributed by atoms with Crippen molar-refractivity contribution < 1.29 is 14.3 Å². The Kier molecular flexibility index (Phi) is 6.73. The highest BCUT2D eigenvalue weighted by molar-refractivity contribution is 5.97. The maximum atomic E-state index is 12.5. The molecule has 0 atom stereocenters. The molecule has 5 aromatic rings. The van der Waals surface area contributed by atoms with Gasteiger partial charge in [-0.25, -0.2) is 14.8 Å². The number of rotatable bonds is 7. The second-order valence-electron chi connectivity index (χ2n) is 9.03. The molecule has 0 aliphatic heterocycles. The lowest BCUT2D eigenvalue weighted by Crippen LogP contribution is -2.06. The monoisotopic (exact) mass is 491 g/mol.